The molecule has 0 bridgehead atoms. The van der Waals surface area contributed by atoms with Crippen LogP contribution in [0, 0.1) is 11.3 Å². The van der Waals surface area contributed by atoms with Crippen molar-refractivity contribution >= 4 is 5.71 Å². The molecule has 0 saturated carbocycles. The van der Waals surface area contributed by atoms with E-state index in [4.69, 9.17) is 4.99 Å². The quantitative estimate of drug-likeness (QED) is 0.612. The fourth-order valence-electron chi connectivity index (χ4n) is 2.57. The van der Waals surface area contributed by atoms with Crippen LogP contribution in [0.15, 0.2) is 47.1 Å². The molecule has 0 aliphatic carbocycles. The highest BCUT2D eigenvalue weighted by Gasteiger charge is 2.22. The molecule has 0 amide bonds. The monoisotopic (exact) mass is 271 g/mol. The molecule has 0 radical (unpaired) electrons. The molecule has 0 saturated heterocycles. The lowest BCUT2D eigenvalue weighted by molar-refractivity contribution is 0.315. The summed E-state index contributed by atoms with van der Waals surface area (Å²) in [5.74, 6) is 0.484. The van der Waals surface area contributed by atoms with Crippen LogP contribution in [-0.2, 0) is 6.42 Å². The van der Waals surface area contributed by atoms with Crippen molar-refractivity contribution in [1.82, 2.24) is 0 Å². The minimum absolute atomic E-state index is 0.310. The number of hydrogen-bond acceptors (Lipinski definition) is 1. The van der Waals surface area contributed by atoms with Crippen molar-refractivity contribution in [2.45, 2.75) is 54.4 Å². The topological polar surface area (TPSA) is 12.4 Å². The van der Waals surface area contributed by atoms with Gasteiger partial charge in [0.25, 0.3) is 0 Å². The van der Waals surface area contributed by atoms with E-state index in [9.17, 15) is 0 Å². The van der Waals surface area contributed by atoms with Gasteiger partial charge < -0.3 is 0 Å². The second-order valence-electron chi connectivity index (χ2n) is 6.92. The van der Waals surface area contributed by atoms with E-state index in [1.165, 1.54) is 11.3 Å². The fraction of sp³-hybridized carbons (Fsp3) is 0.526. The van der Waals surface area contributed by atoms with Gasteiger partial charge in [0.05, 0.1) is 0 Å². The lowest BCUT2D eigenvalue weighted by Gasteiger charge is -2.27. The highest BCUT2D eigenvalue weighted by molar-refractivity contribution is 5.80. The standard InChI is InChI=1S/C19H29N/c1-7-18(20-15(2)3)17(14-19(4,5)6)13-16-11-9-8-10-12-16/h7-12,17H,13-14H2,1-6H3/b18-7-. The molecule has 1 nitrogen and oxygen atoms in total. The van der Waals surface area contributed by atoms with E-state index in [1.54, 1.807) is 0 Å². The first-order valence-corrected chi connectivity index (χ1v) is 7.54. The van der Waals surface area contributed by atoms with Crippen LogP contribution < -0.4 is 0 Å². The zero-order valence-corrected chi connectivity index (χ0v) is 13.9. The summed E-state index contributed by atoms with van der Waals surface area (Å²) in [7, 11) is 0. The zero-order chi connectivity index (χ0) is 15.2. The number of allylic oxidation sites excluding steroid dienone is 2. The Hall–Kier alpha value is -1.37. The summed E-state index contributed by atoms with van der Waals surface area (Å²) in [5.41, 5.74) is 4.06. The largest absolute Gasteiger partial charge is 0.263 e. The van der Waals surface area contributed by atoms with Gasteiger partial charge in [-0.25, -0.2) is 0 Å². The van der Waals surface area contributed by atoms with Crippen LogP contribution in [0.3, 0.4) is 0 Å². The maximum atomic E-state index is 4.75. The average molecular weight is 271 g/mol. The van der Waals surface area contributed by atoms with E-state index < -0.39 is 0 Å². The molecule has 1 unspecified atom stereocenters. The SMILES string of the molecule is C/C=C(\N=C(C)C)C(Cc1ccccc1)CC(C)(C)C. The maximum Gasteiger partial charge on any atom is 0.0394 e. The van der Waals surface area contributed by atoms with Crippen molar-refractivity contribution in [3.05, 3.63) is 47.7 Å². The van der Waals surface area contributed by atoms with Crippen LogP contribution in [0.1, 0.15) is 53.5 Å². The molecule has 0 aromatic heterocycles. The number of aliphatic imine (C=N–C) groups is 1. The summed E-state index contributed by atoms with van der Waals surface area (Å²) in [4.78, 5) is 4.75. The van der Waals surface area contributed by atoms with Crippen molar-refractivity contribution in [2.24, 2.45) is 16.3 Å². The van der Waals surface area contributed by atoms with Crippen LogP contribution in [0.5, 0.6) is 0 Å². The molecular weight excluding hydrogens is 242 g/mol. The van der Waals surface area contributed by atoms with Crippen LogP contribution in [0.25, 0.3) is 0 Å². The molecule has 110 valence electrons. The van der Waals surface area contributed by atoms with Gasteiger partial charge in [-0.1, -0.05) is 57.2 Å². The highest BCUT2D eigenvalue weighted by Crippen LogP contribution is 2.32. The van der Waals surface area contributed by atoms with Crippen LogP contribution in [-0.4, -0.2) is 5.71 Å². The minimum atomic E-state index is 0.310. The molecular formula is C19H29N. The Balaban J connectivity index is 2.99. The molecule has 0 N–H and O–H groups in total. The van der Waals surface area contributed by atoms with Gasteiger partial charge in [0, 0.05) is 17.3 Å². The van der Waals surface area contributed by atoms with E-state index in [2.05, 4.69) is 78.0 Å². The van der Waals surface area contributed by atoms with E-state index in [1.807, 2.05) is 0 Å². The van der Waals surface area contributed by atoms with E-state index in [0.717, 1.165) is 18.6 Å². The van der Waals surface area contributed by atoms with E-state index in [-0.39, 0.29) is 0 Å². The van der Waals surface area contributed by atoms with Gasteiger partial charge in [0.15, 0.2) is 0 Å². The van der Waals surface area contributed by atoms with Gasteiger partial charge >= 0.3 is 0 Å². The molecule has 0 fully saturated rings. The minimum Gasteiger partial charge on any atom is -0.263 e. The Morgan fingerprint density at radius 2 is 1.75 bits per heavy atom. The Morgan fingerprint density at radius 3 is 2.20 bits per heavy atom. The molecule has 0 aliphatic heterocycles. The summed E-state index contributed by atoms with van der Waals surface area (Å²) in [6.45, 7) is 13.2. The van der Waals surface area contributed by atoms with Crippen LogP contribution >= 0.6 is 0 Å². The summed E-state index contributed by atoms with van der Waals surface area (Å²) in [6.07, 6.45) is 4.39. The predicted molar refractivity (Wildman–Crippen MR) is 90.2 cm³/mol. The van der Waals surface area contributed by atoms with Gasteiger partial charge in [0.2, 0.25) is 0 Å². The van der Waals surface area contributed by atoms with Gasteiger partial charge in [0.1, 0.15) is 0 Å². The molecule has 1 rings (SSSR count). The van der Waals surface area contributed by atoms with E-state index >= 15 is 0 Å². The maximum absolute atomic E-state index is 4.75. The second-order valence-corrected chi connectivity index (χ2v) is 6.92. The average Bonchev–Trinajstić information content (AvgIpc) is 2.34. The van der Waals surface area contributed by atoms with Gasteiger partial charge in [-0.05, 0) is 44.6 Å². The summed E-state index contributed by atoms with van der Waals surface area (Å²) < 4.78 is 0. The predicted octanol–water partition coefficient (Wildman–Crippen LogP) is 5.67. The Bertz CT molecular complexity index is 456. The summed E-state index contributed by atoms with van der Waals surface area (Å²) in [6, 6.07) is 10.7. The summed E-state index contributed by atoms with van der Waals surface area (Å²) >= 11 is 0. The third-order valence-corrected chi connectivity index (χ3v) is 3.25. The Labute approximate surface area is 124 Å². The lowest BCUT2D eigenvalue weighted by atomic mass is 9.80. The van der Waals surface area contributed by atoms with Crippen molar-refractivity contribution in [2.75, 3.05) is 0 Å². The molecule has 20 heavy (non-hydrogen) atoms. The number of hydrogen-bond donors (Lipinski definition) is 0. The smallest absolute Gasteiger partial charge is 0.0394 e. The third kappa shape index (κ3) is 6.18. The first-order chi connectivity index (χ1) is 9.31. The van der Waals surface area contributed by atoms with Gasteiger partial charge in [-0.3, -0.25) is 4.99 Å². The molecule has 1 aromatic rings. The first kappa shape index (κ1) is 16.7. The van der Waals surface area contributed by atoms with Crippen LogP contribution in [0.2, 0.25) is 0 Å². The van der Waals surface area contributed by atoms with Crippen molar-refractivity contribution in [3.63, 3.8) is 0 Å². The molecule has 0 spiro atoms. The normalized spacial score (nSPS) is 14.0. The van der Waals surface area contributed by atoms with Crippen molar-refractivity contribution in [3.8, 4) is 0 Å². The molecule has 0 heterocycles. The lowest BCUT2D eigenvalue weighted by Crippen LogP contribution is -2.17. The third-order valence-electron chi connectivity index (χ3n) is 3.25. The van der Waals surface area contributed by atoms with Crippen molar-refractivity contribution in [1.29, 1.82) is 0 Å². The fourth-order valence-corrected chi connectivity index (χ4v) is 2.57. The Morgan fingerprint density at radius 1 is 1.15 bits per heavy atom. The molecule has 0 aliphatic rings. The van der Waals surface area contributed by atoms with Gasteiger partial charge in [-0.15, -0.1) is 0 Å². The number of benzene rings is 1. The number of nitrogens with zero attached hydrogens (tertiary/aromatic N) is 1. The first-order valence-electron chi connectivity index (χ1n) is 7.54. The Kier molecular flexibility index (Phi) is 6.19. The molecule has 1 atom stereocenters. The molecule has 1 heteroatoms. The second kappa shape index (κ2) is 7.42. The molecule has 1 aromatic carbocycles. The van der Waals surface area contributed by atoms with Crippen molar-refractivity contribution < 1.29 is 0 Å². The highest BCUT2D eigenvalue weighted by atomic mass is 14.8. The van der Waals surface area contributed by atoms with Gasteiger partial charge in [-0.2, -0.15) is 0 Å². The summed E-state index contributed by atoms with van der Waals surface area (Å²) in [5, 5.41) is 0. The van der Waals surface area contributed by atoms with Crippen LogP contribution in [0.4, 0.5) is 0 Å². The zero-order valence-electron chi connectivity index (χ0n) is 13.9. The van der Waals surface area contributed by atoms with E-state index in [0.29, 0.717) is 11.3 Å². The number of rotatable bonds is 5.